The number of aliphatic imine (C=N–C) groups is 1. The van der Waals surface area contributed by atoms with E-state index in [0.717, 1.165) is 52.9 Å². The molecule has 13 rings (SSSR count). The van der Waals surface area contributed by atoms with E-state index in [-0.39, 0.29) is 0 Å². The number of fused-ring (bicyclic) bond motifs is 3. The molecule has 0 radical (unpaired) electrons. The average Bonchev–Trinajstić information content (AvgIpc) is 3.63. The minimum atomic E-state index is -3.39. The predicted octanol–water partition coefficient (Wildman–Crippen LogP) is 14.9. The molecule has 0 saturated heterocycles. The van der Waals surface area contributed by atoms with Gasteiger partial charge in [-0.1, -0.05) is 152 Å². The average molecular weight is 1100 g/mol. The molecule has 0 bridgehead atoms. The standard InChI is InChI=1S/C27H22N3.C22H22N3.C21H20N3O2S/c1-4-13-24(14-5-1)28-19-22-11-10-12-23-20-29(25-15-6-2-7-16-25)21-30(27(22)23)26-17-8-3-9-18-26;1-23(2)21-15-9-10-18-16-24(19-11-5-3-6-12-19)17-25(22(18)21)20-13-7-4-8-14-20;1-27(25,26)22-20-14-8-9-17-15-23(18-10-4-2-5-11-18)16-24(21(17)20)19-12-6-3-7-13-19/h1-20H,21H2;3-16H,17H2,1-2H3;2-15,22H,16H2,1H3/q3*+1. The van der Waals surface area contributed by atoms with Gasteiger partial charge in [-0.15, -0.1) is 0 Å². The Labute approximate surface area is 481 Å². The molecule has 12 heteroatoms. The Morgan fingerprint density at radius 2 is 0.768 bits per heavy atom. The molecule has 0 spiro atoms. The lowest BCUT2D eigenvalue weighted by Gasteiger charge is -2.31. The van der Waals surface area contributed by atoms with E-state index < -0.39 is 10.0 Å². The number of anilines is 8. The number of benzene rings is 10. The number of nitrogens with one attached hydrogen (secondary N) is 1. The number of hydrogen-bond donors (Lipinski definition) is 1. The second-order valence-corrected chi connectivity index (χ2v) is 21.9. The van der Waals surface area contributed by atoms with Crippen LogP contribution >= 0.6 is 0 Å². The maximum absolute atomic E-state index is 11.9. The molecule has 10 aromatic carbocycles. The van der Waals surface area contributed by atoms with Crippen LogP contribution in [0.25, 0.3) is 0 Å². The van der Waals surface area contributed by atoms with Crippen molar-refractivity contribution in [3.05, 3.63) is 289 Å². The van der Waals surface area contributed by atoms with E-state index in [0.29, 0.717) is 12.4 Å². The molecule has 11 nitrogen and oxygen atoms in total. The third kappa shape index (κ3) is 12.6. The Balaban J connectivity index is 0.000000130. The maximum Gasteiger partial charge on any atom is 0.229 e. The summed E-state index contributed by atoms with van der Waals surface area (Å²) in [6, 6.07) is 90.9. The summed E-state index contributed by atoms with van der Waals surface area (Å²) in [6.07, 6.45) is 9.66. The molecular formula is C70H64N9O2S+3. The summed E-state index contributed by atoms with van der Waals surface area (Å²) in [5.74, 6) is 0. The van der Waals surface area contributed by atoms with Gasteiger partial charge in [0, 0.05) is 79.3 Å². The van der Waals surface area contributed by atoms with Gasteiger partial charge in [0.1, 0.15) is 0 Å². The van der Waals surface area contributed by atoms with Crippen molar-refractivity contribution in [1.29, 1.82) is 0 Å². The van der Waals surface area contributed by atoms with Crippen LogP contribution in [-0.4, -0.2) is 87.4 Å². The number of sulfonamides is 1. The molecular weight excluding hydrogens is 1030 g/mol. The van der Waals surface area contributed by atoms with Crippen molar-refractivity contribution in [2.75, 3.05) is 64.7 Å². The largest absolute Gasteiger partial charge is 0.376 e. The van der Waals surface area contributed by atoms with E-state index in [1.165, 1.54) is 51.5 Å². The smallest absolute Gasteiger partial charge is 0.229 e. The monoisotopic (exact) mass is 1090 g/mol. The Morgan fingerprint density at radius 1 is 0.415 bits per heavy atom. The van der Waals surface area contributed by atoms with E-state index in [2.05, 4.69) is 241 Å². The van der Waals surface area contributed by atoms with Gasteiger partial charge in [-0.05, 0) is 78.9 Å². The molecule has 0 amide bonds. The topological polar surface area (TPSA) is 80.5 Å². The third-order valence-electron chi connectivity index (χ3n) is 14.1. The molecule has 3 heterocycles. The van der Waals surface area contributed by atoms with Crippen LogP contribution in [0.15, 0.2) is 272 Å². The molecule has 1 N–H and O–H groups in total. The molecule has 0 unspecified atom stereocenters. The molecule has 0 fully saturated rings. The number of nitrogens with zero attached hydrogens (tertiary/aromatic N) is 8. The van der Waals surface area contributed by atoms with Crippen LogP contribution in [0.3, 0.4) is 0 Å². The summed E-state index contributed by atoms with van der Waals surface area (Å²) in [5, 5.41) is 0. The van der Waals surface area contributed by atoms with Crippen molar-refractivity contribution in [3.8, 4) is 0 Å². The van der Waals surface area contributed by atoms with Crippen LogP contribution in [0.2, 0.25) is 0 Å². The van der Waals surface area contributed by atoms with Crippen LogP contribution in [0, 0.1) is 0 Å². The van der Waals surface area contributed by atoms with E-state index in [9.17, 15) is 8.42 Å². The summed E-state index contributed by atoms with van der Waals surface area (Å²) in [6.45, 7) is 2.09. The summed E-state index contributed by atoms with van der Waals surface area (Å²) < 4.78 is 33.1. The van der Waals surface area contributed by atoms with Crippen molar-refractivity contribution in [1.82, 2.24) is 0 Å². The Bertz CT molecular complexity index is 4030. The van der Waals surface area contributed by atoms with Crippen molar-refractivity contribution in [3.63, 3.8) is 0 Å². The van der Waals surface area contributed by atoms with Gasteiger partial charge in [-0.3, -0.25) is 24.4 Å². The Morgan fingerprint density at radius 3 is 1.20 bits per heavy atom. The van der Waals surface area contributed by atoms with Crippen molar-refractivity contribution in [2.45, 2.75) is 0 Å². The lowest BCUT2D eigenvalue weighted by molar-refractivity contribution is -0.434. The zero-order valence-corrected chi connectivity index (χ0v) is 47.0. The van der Waals surface area contributed by atoms with Gasteiger partial charge in [0.25, 0.3) is 0 Å². The fraction of sp³-hybridized carbons (Fsp3) is 0.0857. The predicted molar refractivity (Wildman–Crippen MR) is 341 cm³/mol. The Kier molecular flexibility index (Phi) is 16.3. The first-order valence-electron chi connectivity index (χ1n) is 27.2. The minimum Gasteiger partial charge on any atom is -0.376 e. The van der Waals surface area contributed by atoms with E-state index >= 15 is 0 Å². The molecule has 404 valence electrons. The Hall–Kier alpha value is -10.2. The van der Waals surface area contributed by atoms with Gasteiger partial charge in [0.2, 0.25) is 47.1 Å². The molecule has 3 aliphatic rings. The number of para-hydroxylation sites is 10. The first-order valence-corrected chi connectivity index (χ1v) is 29.1. The maximum atomic E-state index is 11.9. The van der Waals surface area contributed by atoms with Crippen LogP contribution in [-0.2, 0) is 10.0 Å². The van der Waals surface area contributed by atoms with Gasteiger partial charge in [0.15, 0.2) is 18.6 Å². The molecule has 0 aliphatic carbocycles. The molecule has 3 aliphatic heterocycles. The first-order chi connectivity index (χ1) is 40.1. The molecule has 10 aromatic rings. The second kappa shape index (κ2) is 24.9. The second-order valence-electron chi connectivity index (χ2n) is 20.1. The molecule has 0 saturated carbocycles. The fourth-order valence-electron chi connectivity index (χ4n) is 10.4. The summed E-state index contributed by atoms with van der Waals surface area (Å²) >= 11 is 0. The lowest BCUT2D eigenvalue weighted by Crippen LogP contribution is -2.33. The van der Waals surface area contributed by atoms with E-state index in [1.54, 1.807) is 6.07 Å². The minimum absolute atomic E-state index is 0.572. The SMILES string of the molecule is C(=Nc1ccccc1)c1cccc2c1N(c1ccccc1)C[N+](c1ccccc1)=C2.CN(C)c1cccc2c1N(c1ccccc1)C[N+](c1ccccc1)=C2.CS(=O)(=O)Nc1cccc2c1N(c1ccccc1)C[N+](c1ccccc1)=C2. The number of hydrogen-bond acceptors (Lipinski definition) is 7. The highest BCUT2D eigenvalue weighted by molar-refractivity contribution is 7.92. The van der Waals surface area contributed by atoms with Gasteiger partial charge in [-0.25, -0.2) is 8.42 Å². The first kappa shape index (κ1) is 53.8. The lowest BCUT2D eigenvalue weighted by atomic mass is 10.0. The van der Waals surface area contributed by atoms with Crippen molar-refractivity contribution >= 4 is 103 Å². The zero-order chi connectivity index (χ0) is 56.3. The summed E-state index contributed by atoms with van der Waals surface area (Å²) in [4.78, 5) is 13.8. The highest BCUT2D eigenvalue weighted by atomic mass is 32.2. The van der Waals surface area contributed by atoms with Crippen molar-refractivity contribution < 1.29 is 22.1 Å². The van der Waals surface area contributed by atoms with Gasteiger partial charge >= 0.3 is 0 Å². The van der Waals surface area contributed by atoms with Gasteiger partial charge < -0.3 is 4.90 Å². The van der Waals surface area contributed by atoms with Crippen LogP contribution in [0.1, 0.15) is 22.3 Å². The van der Waals surface area contributed by atoms with Crippen LogP contribution in [0.5, 0.6) is 0 Å². The molecule has 0 aromatic heterocycles. The normalized spacial score (nSPS) is 13.4. The third-order valence-corrected chi connectivity index (χ3v) is 14.7. The van der Waals surface area contributed by atoms with Crippen LogP contribution < -0.4 is 24.3 Å². The number of rotatable bonds is 11. The highest BCUT2D eigenvalue weighted by Crippen LogP contribution is 2.41. The summed E-state index contributed by atoms with van der Waals surface area (Å²) in [7, 11) is 0.813. The van der Waals surface area contributed by atoms with Gasteiger partial charge in [-0.2, -0.15) is 13.7 Å². The quantitative estimate of drug-likeness (QED) is 0.103. The molecule has 0 atom stereocenters. The van der Waals surface area contributed by atoms with Crippen molar-refractivity contribution in [2.24, 2.45) is 4.99 Å². The molecule has 82 heavy (non-hydrogen) atoms. The zero-order valence-electron chi connectivity index (χ0n) is 46.1. The van der Waals surface area contributed by atoms with E-state index in [4.69, 9.17) is 4.99 Å². The van der Waals surface area contributed by atoms with Gasteiger partial charge in [0.05, 0.1) is 57.1 Å². The van der Waals surface area contributed by atoms with Crippen LogP contribution in [0.4, 0.5) is 68.2 Å². The highest BCUT2D eigenvalue weighted by Gasteiger charge is 2.31. The summed E-state index contributed by atoms with van der Waals surface area (Å²) in [5.41, 5.74) is 17.3. The fourth-order valence-corrected chi connectivity index (χ4v) is 11.0. The van der Waals surface area contributed by atoms with E-state index in [1.807, 2.05) is 97.2 Å².